The van der Waals surface area contributed by atoms with E-state index in [0.717, 1.165) is 11.1 Å². The van der Waals surface area contributed by atoms with Gasteiger partial charge in [-0.1, -0.05) is 84.9 Å². The van der Waals surface area contributed by atoms with Crippen LogP contribution in [0.15, 0.2) is 119 Å². The third-order valence-electron chi connectivity index (χ3n) is 14.2. The number of ether oxygens (including phenoxy) is 1. The van der Waals surface area contributed by atoms with Crippen LogP contribution in [0.5, 0.6) is 11.5 Å². The summed E-state index contributed by atoms with van der Waals surface area (Å²) in [5, 5.41) is 19.2. The Balaban J connectivity index is 1.32. The Hall–Kier alpha value is -8.50. The van der Waals surface area contributed by atoms with E-state index in [4.69, 9.17) is 33.4 Å². The lowest BCUT2D eigenvalue weighted by Crippen LogP contribution is -2.60. The fourth-order valence-corrected chi connectivity index (χ4v) is 11.9. The number of hydrogen-bond donors (Lipinski definition) is 13. The van der Waals surface area contributed by atoms with Gasteiger partial charge in [0.2, 0.25) is 53.2 Å². The van der Waals surface area contributed by atoms with Crippen molar-refractivity contribution in [2.24, 2.45) is 38.7 Å². The van der Waals surface area contributed by atoms with E-state index in [1.165, 1.54) is 35.3 Å². The summed E-state index contributed by atoms with van der Waals surface area (Å²) in [6.45, 7) is 1.54. The Morgan fingerprint density at radius 2 is 1.03 bits per heavy atom. The Morgan fingerprint density at radius 1 is 0.580 bits per heavy atom. The van der Waals surface area contributed by atoms with Crippen LogP contribution in [0, 0.1) is 0 Å². The van der Waals surface area contributed by atoms with Crippen LogP contribution in [-0.4, -0.2) is 155 Å². The minimum Gasteiger partial charge on any atom is -0.457 e. The van der Waals surface area contributed by atoms with Crippen LogP contribution in [0.25, 0.3) is 0 Å². The highest BCUT2D eigenvalue weighted by Gasteiger charge is 2.40. The molecule has 17 N–H and O–H groups in total. The van der Waals surface area contributed by atoms with Crippen LogP contribution >= 0.6 is 36.2 Å². The zero-order valence-electron chi connectivity index (χ0n) is 48.9. The van der Waals surface area contributed by atoms with E-state index in [-0.39, 0.29) is 93.8 Å². The maximum atomic E-state index is 14.8. The van der Waals surface area contributed by atoms with Crippen LogP contribution in [0.4, 0.5) is 0 Å². The molecule has 8 rings (SSSR count). The Bertz CT molecular complexity index is 3070. The van der Waals surface area contributed by atoms with Gasteiger partial charge in [-0.15, -0.1) is 0 Å². The smallest absolute Gasteiger partial charge is 0.246 e. The predicted molar refractivity (Wildman–Crippen MR) is 342 cm³/mol. The van der Waals surface area contributed by atoms with Gasteiger partial charge in [0.25, 0.3) is 0 Å². The number of nitrogens with one attached hydrogen (secondary N) is 7. The lowest BCUT2D eigenvalue weighted by atomic mass is 10.0. The van der Waals surface area contributed by atoms with Gasteiger partial charge in [-0.05, 0) is 85.0 Å². The van der Waals surface area contributed by atoms with Gasteiger partial charge >= 0.3 is 0 Å². The molecule has 9 amide bonds. The second-order valence-corrected chi connectivity index (χ2v) is 23.5. The number of amides is 9. The maximum Gasteiger partial charge on any atom is 0.246 e. The van der Waals surface area contributed by atoms with Gasteiger partial charge in [0, 0.05) is 68.2 Å². The standard InChI is InChI=1S/C60H79N15O10S3/c1-36(76)68-49-35-88-33-40-20-24-42(25-21-40)85-41-22-18-39(19-23-41)32-87-34-48(51(61)77)74-54(80)45(29-37-11-4-2-5-12-37)71-52(78)43(15-8-26-66-59(62)63)69-55(81)47(31-86)73-53(79)44(16-9-27-67-60(64)65)70-57(83)50-17-10-28-75(50)58(84)46(72-56(49)82)30-38-13-6-3-7-14-38/h2-7,11-14,18-25,43-50,86H,8-10,15-17,26-35H2,1H3,(H2,61,77)(H,68,76)(H,69,81)(H,70,83)(H,71,78)(H,72,82)(H,73,79)(H,74,80)(H4,62,63,66)(H4,64,65,67)/t43-,44-,45-,46-,47-,48-,49-,50-/m0/s1. The van der Waals surface area contributed by atoms with Gasteiger partial charge in [-0.25, -0.2) is 0 Å². The average Bonchev–Trinajstić information content (AvgIpc) is 4.22. The summed E-state index contributed by atoms with van der Waals surface area (Å²) >= 11 is 7.13. The largest absolute Gasteiger partial charge is 0.457 e. The van der Waals surface area contributed by atoms with Crippen molar-refractivity contribution in [1.29, 1.82) is 0 Å². The third kappa shape index (κ3) is 22.7. The summed E-state index contributed by atoms with van der Waals surface area (Å²) in [6, 6.07) is 22.6. The molecule has 4 heterocycles. The number of benzene rings is 4. The van der Waals surface area contributed by atoms with Gasteiger partial charge in [0.1, 0.15) is 59.8 Å². The molecule has 0 saturated carbocycles. The number of thioether (sulfide) groups is 2. The lowest BCUT2D eigenvalue weighted by molar-refractivity contribution is -0.142. The van der Waals surface area contributed by atoms with Crippen LogP contribution in [0.3, 0.4) is 0 Å². The van der Waals surface area contributed by atoms with Crippen molar-refractivity contribution in [2.45, 2.75) is 118 Å². The number of fused-ring (bicyclic) bond motifs is 2. The highest BCUT2D eigenvalue weighted by molar-refractivity contribution is 7.98. The molecule has 1 saturated heterocycles. The van der Waals surface area contributed by atoms with E-state index in [1.54, 1.807) is 66.7 Å². The first-order valence-electron chi connectivity index (χ1n) is 28.8. The zero-order valence-corrected chi connectivity index (χ0v) is 51.4. The van der Waals surface area contributed by atoms with E-state index >= 15 is 0 Å². The molecule has 4 aliphatic heterocycles. The molecule has 4 aromatic rings. The van der Waals surface area contributed by atoms with Crippen molar-refractivity contribution in [3.63, 3.8) is 0 Å². The molecular weight excluding hydrogens is 1190 g/mol. The number of thiol groups is 1. The summed E-state index contributed by atoms with van der Waals surface area (Å²) in [5.41, 5.74) is 31.4. The first-order chi connectivity index (χ1) is 42.3. The Kier molecular flexibility index (Phi) is 27.6. The lowest BCUT2D eigenvalue weighted by Gasteiger charge is -2.31. The molecule has 472 valence electrons. The van der Waals surface area contributed by atoms with Crippen molar-refractivity contribution < 1.29 is 47.9 Å². The number of guanidine groups is 2. The van der Waals surface area contributed by atoms with Gasteiger partial charge in [-0.2, -0.15) is 36.2 Å². The summed E-state index contributed by atoms with van der Waals surface area (Å²) in [5.74, 6) is -4.85. The normalized spacial score (nSPS) is 22.4. The van der Waals surface area contributed by atoms with Gasteiger partial charge in [-0.3, -0.25) is 53.1 Å². The molecule has 0 aromatic heterocycles. The Morgan fingerprint density at radius 3 is 1.53 bits per heavy atom. The number of rotatable bonds is 15. The zero-order chi connectivity index (χ0) is 63.5. The number of nitrogens with two attached hydrogens (primary N) is 5. The number of primary amides is 1. The highest BCUT2D eigenvalue weighted by Crippen LogP contribution is 2.26. The van der Waals surface area contributed by atoms with Crippen LogP contribution < -0.4 is 70.6 Å². The van der Waals surface area contributed by atoms with Crippen LogP contribution in [-0.2, 0) is 67.5 Å². The van der Waals surface area contributed by atoms with Crippen molar-refractivity contribution >= 4 is 101 Å². The highest BCUT2D eigenvalue weighted by atomic mass is 32.2. The van der Waals surface area contributed by atoms with Crippen molar-refractivity contribution in [1.82, 2.24) is 42.1 Å². The van der Waals surface area contributed by atoms with E-state index in [1.807, 2.05) is 42.5 Å². The van der Waals surface area contributed by atoms with Crippen LogP contribution in [0.2, 0.25) is 0 Å². The molecule has 4 aromatic carbocycles. The van der Waals surface area contributed by atoms with Crippen molar-refractivity contribution in [3.05, 3.63) is 131 Å². The minimum absolute atomic E-state index is 0.0348. The summed E-state index contributed by atoms with van der Waals surface area (Å²) < 4.78 is 6.13. The molecule has 88 heavy (non-hydrogen) atoms. The fraction of sp³-hybridized carbons (Fsp3) is 0.417. The van der Waals surface area contributed by atoms with Crippen LogP contribution in [0.1, 0.15) is 67.7 Å². The SMILES string of the molecule is CC(=O)N[C@H]1CSCc2ccc(cc2)Oc2ccc(cc2)CSC[C@@H](C(N)=O)NC(=O)[C@H](Cc2ccccc2)NC(=O)[C@H](CCCN=C(N)N)NC(=O)[C@H](CS)NC(=O)[C@H](CCCN=C(N)N)NC(=O)[C@@H]2CCCN2C(=O)[C@H](Cc2ccccc2)NC1=O. The summed E-state index contributed by atoms with van der Waals surface area (Å²) in [6.07, 6.45) is 0.824. The third-order valence-corrected chi connectivity index (χ3v) is 16.7. The number of carbonyl (C=O) groups is 9. The number of aliphatic imine (C=N–C) groups is 2. The first-order valence-corrected chi connectivity index (χ1v) is 31.7. The molecule has 28 heteroatoms. The molecule has 25 nitrogen and oxygen atoms in total. The predicted octanol–water partition coefficient (Wildman–Crippen LogP) is 0.371. The quantitative estimate of drug-likeness (QED) is 0.0331. The van der Waals surface area contributed by atoms with E-state index in [9.17, 15) is 43.2 Å². The average molecular weight is 1270 g/mol. The second-order valence-electron chi connectivity index (χ2n) is 21.1. The van der Waals surface area contributed by atoms with E-state index in [0.29, 0.717) is 40.6 Å². The number of nitrogens with zero attached hydrogens (tertiary/aromatic N) is 3. The molecule has 0 radical (unpaired) electrons. The number of hydrogen-bond acceptors (Lipinski definition) is 15. The van der Waals surface area contributed by atoms with Gasteiger partial charge in [0.05, 0.1) is 0 Å². The minimum atomic E-state index is -1.42. The van der Waals surface area contributed by atoms with Gasteiger partial charge < -0.3 is 75.5 Å². The molecule has 1 fully saturated rings. The summed E-state index contributed by atoms with van der Waals surface area (Å²) in [7, 11) is 0. The van der Waals surface area contributed by atoms with Crippen molar-refractivity contribution in [2.75, 3.05) is 36.9 Å². The molecule has 0 spiro atoms. The first kappa shape index (κ1) is 68.6. The topological polar surface area (TPSA) is 405 Å². The molecular formula is C60H79N15O10S3. The van der Waals surface area contributed by atoms with E-state index in [2.05, 4.69) is 59.8 Å². The maximum absolute atomic E-state index is 14.8. The Labute approximate surface area is 525 Å². The number of carbonyl (C=O) groups excluding carboxylic acids is 9. The van der Waals surface area contributed by atoms with Gasteiger partial charge in [0.15, 0.2) is 11.9 Å². The summed E-state index contributed by atoms with van der Waals surface area (Å²) in [4.78, 5) is 136. The molecule has 4 bridgehead atoms. The second kappa shape index (κ2) is 35.3. The van der Waals surface area contributed by atoms with E-state index < -0.39 is 101 Å². The molecule has 8 atom stereocenters. The molecule has 0 unspecified atom stereocenters. The molecule has 4 aliphatic rings. The fourth-order valence-electron chi connectivity index (χ4n) is 9.64. The molecule has 0 aliphatic carbocycles. The monoisotopic (exact) mass is 1270 g/mol. The van der Waals surface area contributed by atoms with Crippen molar-refractivity contribution in [3.8, 4) is 11.5 Å².